The molecule has 2 aromatic rings. The number of nitrogens with one attached hydrogen (secondary N) is 2. The average Bonchev–Trinajstić information content (AvgIpc) is 2.94. The first-order chi connectivity index (χ1) is 10.0. The van der Waals surface area contributed by atoms with Gasteiger partial charge in [-0.15, -0.1) is 11.3 Å². The monoisotopic (exact) mass is 304 g/mol. The molecule has 0 spiro atoms. The number of aryl methyl sites for hydroxylation is 1. The summed E-state index contributed by atoms with van der Waals surface area (Å²) in [6.45, 7) is 1.92. The summed E-state index contributed by atoms with van der Waals surface area (Å²) in [4.78, 5) is 28.1. The number of carbonyl (C=O) groups excluding carboxylic acids is 2. The molecule has 1 unspecified atom stereocenters. The fourth-order valence-corrected chi connectivity index (χ4v) is 2.58. The predicted octanol–water partition coefficient (Wildman–Crippen LogP) is 2.19. The minimum absolute atomic E-state index is 0.0962. The number of amides is 3. The van der Waals surface area contributed by atoms with Crippen LogP contribution in [0.2, 0.25) is 0 Å². The Balaban J connectivity index is 2.01. The van der Waals surface area contributed by atoms with Crippen molar-refractivity contribution in [2.24, 2.45) is 5.73 Å². The standard InChI is InChI=1S/C14H16N4O2S/c1-9-4-5-12(16-8-9)18-13(19)7-10(17-14(15)20)11-3-2-6-21-11/h2-6,8,10H,7H2,1H3,(H3,15,17,20)(H,16,18,19). The van der Waals surface area contributed by atoms with Crippen LogP contribution in [0.25, 0.3) is 0 Å². The van der Waals surface area contributed by atoms with Crippen LogP contribution in [-0.2, 0) is 4.79 Å². The van der Waals surface area contributed by atoms with E-state index in [1.807, 2.05) is 30.5 Å². The molecule has 0 saturated carbocycles. The number of nitrogens with zero attached hydrogens (tertiary/aromatic N) is 1. The van der Waals surface area contributed by atoms with Crippen LogP contribution in [0.1, 0.15) is 22.9 Å². The fraction of sp³-hybridized carbons (Fsp3) is 0.214. The van der Waals surface area contributed by atoms with Gasteiger partial charge in [-0.2, -0.15) is 0 Å². The molecule has 0 aliphatic rings. The lowest BCUT2D eigenvalue weighted by Crippen LogP contribution is -2.34. The number of aromatic nitrogens is 1. The number of hydrogen-bond donors (Lipinski definition) is 3. The summed E-state index contributed by atoms with van der Waals surface area (Å²) in [5.74, 6) is 0.244. The molecule has 110 valence electrons. The van der Waals surface area contributed by atoms with Crippen LogP contribution in [0.5, 0.6) is 0 Å². The summed E-state index contributed by atoms with van der Waals surface area (Å²) < 4.78 is 0. The van der Waals surface area contributed by atoms with E-state index >= 15 is 0 Å². The molecule has 0 bridgehead atoms. The van der Waals surface area contributed by atoms with E-state index in [2.05, 4.69) is 15.6 Å². The predicted molar refractivity (Wildman–Crippen MR) is 82.0 cm³/mol. The Kier molecular flexibility index (Phi) is 4.89. The number of thiophene rings is 1. The number of anilines is 1. The minimum atomic E-state index is -0.658. The van der Waals surface area contributed by atoms with Gasteiger partial charge in [0.05, 0.1) is 12.5 Å². The van der Waals surface area contributed by atoms with Crippen LogP contribution in [0.4, 0.5) is 10.6 Å². The molecule has 0 aliphatic carbocycles. The first kappa shape index (κ1) is 15.0. The minimum Gasteiger partial charge on any atom is -0.352 e. The van der Waals surface area contributed by atoms with Crippen molar-refractivity contribution in [2.75, 3.05) is 5.32 Å². The number of rotatable bonds is 5. The van der Waals surface area contributed by atoms with Gasteiger partial charge < -0.3 is 16.4 Å². The molecule has 6 nitrogen and oxygen atoms in total. The Hall–Kier alpha value is -2.41. The summed E-state index contributed by atoms with van der Waals surface area (Å²) in [5.41, 5.74) is 6.17. The third-order valence-corrected chi connectivity index (χ3v) is 3.76. The van der Waals surface area contributed by atoms with Gasteiger partial charge in [-0.3, -0.25) is 4.79 Å². The number of nitrogens with two attached hydrogens (primary N) is 1. The lowest BCUT2D eigenvalue weighted by atomic mass is 10.1. The molecule has 21 heavy (non-hydrogen) atoms. The first-order valence-electron chi connectivity index (χ1n) is 6.36. The maximum Gasteiger partial charge on any atom is 0.312 e. The number of carbonyl (C=O) groups is 2. The Morgan fingerprint density at radius 3 is 2.76 bits per heavy atom. The molecule has 0 saturated heterocycles. The van der Waals surface area contributed by atoms with Gasteiger partial charge in [0.25, 0.3) is 0 Å². The van der Waals surface area contributed by atoms with Gasteiger partial charge in [0, 0.05) is 11.1 Å². The number of pyridine rings is 1. The second kappa shape index (κ2) is 6.85. The molecule has 0 fully saturated rings. The maximum absolute atomic E-state index is 12.0. The SMILES string of the molecule is Cc1ccc(NC(=O)CC(NC(N)=O)c2cccs2)nc1. The van der Waals surface area contributed by atoms with E-state index in [0.29, 0.717) is 5.82 Å². The molecule has 0 aromatic carbocycles. The van der Waals surface area contributed by atoms with Crippen molar-refractivity contribution in [2.45, 2.75) is 19.4 Å². The topological polar surface area (TPSA) is 97.1 Å². The van der Waals surface area contributed by atoms with Crippen molar-refractivity contribution in [1.29, 1.82) is 0 Å². The highest BCUT2D eigenvalue weighted by molar-refractivity contribution is 7.10. The number of urea groups is 1. The van der Waals surface area contributed by atoms with E-state index in [9.17, 15) is 9.59 Å². The molecule has 2 aromatic heterocycles. The Morgan fingerprint density at radius 1 is 1.38 bits per heavy atom. The third-order valence-electron chi connectivity index (χ3n) is 2.77. The Morgan fingerprint density at radius 2 is 2.19 bits per heavy atom. The van der Waals surface area contributed by atoms with Crippen LogP contribution in [0.15, 0.2) is 35.8 Å². The second-order valence-electron chi connectivity index (χ2n) is 4.55. The van der Waals surface area contributed by atoms with Gasteiger partial charge >= 0.3 is 6.03 Å². The number of primary amides is 1. The molecule has 4 N–H and O–H groups in total. The second-order valence-corrected chi connectivity index (χ2v) is 5.53. The molecular weight excluding hydrogens is 288 g/mol. The van der Waals surface area contributed by atoms with Crippen molar-refractivity contribution < 1.29 is 9.59 Å². The van der Waals surface area contributed by atoms with Gasteiger partial charge in [-0.05, 0) is 30.0 Å². The van der Waals surface area contributed by atoms with Crippen molar-refractivity contribution >= 4 is 29.1 Å². The third kappa shape index (κ3) is 4.57. The summed E-state index contributed by atoms with van der Waals surface area (Å²) in [6, 6.07) is 6.20. The van der Waals surface area contributed by atoms with Crippen molar-refractivity contribution in [1.82, 2.24) is 10.3 Å². The highest BCUT2D eigenvalue weighted by atomic mass is 32.1. The smallest absolute Gasteiger partial charge is 0.312 e. The van der Waals surface area contributed by atoms with E-state index in [-0.39, 0.29) is 12.3 Å². The van der Waals surface area contributed by atoms with E-state index in [4.69, 9.17) is 5.73 Å². The zero-order chi connectivity index (χ0) is 15.2. The lowest BCUT2D eigenvalue weighted by Gasteiger charge is -2.15. The van der Waals surface area contributed by atoms with Crippen molar-refractivity contribution in [3.05, 3.63) is 46.3 Å². The van der Waals surface area contributed by atoms with Gasteiger partial charge in [0.1, 0.15) is 5.82 Å². The zero-order valence-corrected chi connectivity index (χ0v) is 12.3. The molecule has 7 heteroatoms. The first-order valence-corrected chi connectivity index (χ1v) is 7.24. The lowest BCUT2D eigenvalue weighted by molar-refractivity contribution is -0.116. The van der Waals surface area contributed by atoms with Gasteiger partial charge in [0.15, 0.2) is 0 Å². The molecule has 3 amide bonds. The summed E-state index contributed by atoms with van der Waals surface area (Å²) >= 11 is 1.46. The zero-order valence-electron chi connectivity index (χ0n) is 11.5. The van der Waals surface area contributed by atoms with E-state index in [1.165, 1.54) is 11.3 Å². The highest BCUT2D eigenvalue weighted by Crippen LogP contribution is 2.22. The molecular formula is C14H16N4O2S. The summed E-state index contributed by atoms with van der Waals surface area (Å²) in [7, 11) is 0. The van der Waals surface area contributed by atoms with Crippen molar-refractivity contribution in [3.8, 4) is 0 Å². The highest BCUT2D eigenvalue weighted by Gasteiger charge is 2.18. The fourth-order valence-electron chi connectivity index (χ4n) is 1.81. The van der Waals surface area contributed by atoms with Gasteiger partial charge in [-0.25, -0.2) is 9.78 Å². The van der Waals surface area contributed by atoms with E-state index in [1.54, 1.807) is 12.3 Å². The Labute approximate surface area is 126 Å². The van der Waals surface area contributed by atoms with Crippen LogP contribution in [0, 0.1) is 6.92 Å². The van der Waals surface area contributed by atoms with E-state index < -0.39 is 12.1 Å². The summed E-state index contributed by atoms with van der Waals surface area (Å²) in [5, 5.41) is 7.15. The quantitative estimate of drug-likeness (QED) is 0.789. The van der Waals surface area contributed by atoms with Gasteiger partial charge in [0.2, 0.25) is 5.91 Å². The van der Waals surface area contributed by atoms with Crippen LogP contribution in [-0.4, -0.2) is 16.9 Å². The molecule has 0 radical (unpaired) electrons. The largest absolute Gasteiger partial charge is 0.352 e. The van der Waals surface area contributed by atoms with Crippen LogP contribution >= 0.6 is 11.3 Å². The molecule has 2 rings (SSSR count). The van der Waals surface area contributed by atoms with Gasteiger partial charge in [-0.1, -0.05) is 12.1 Å². The normalized spacial score (nSPS) is 11.7. The average molecular weight is 304 g/mol. The maximum atomic E-state index is 12.0. The molecule has 0 aliphatic heterocycles. The van der Waals surface area contributed by atoms with Crippen molar-refractivity contribution in [3.63, 3.8) is 0 Å². The van der Waals surface area contributed by atoms with Crippen LogP contribution in [0.3, 0.4) is 0 Å². The molecule has 2 heterocycles. The Bertz CT molecular complexity index is 610. The molecule has 1 atom stereocenters. The van der Waals surface area contributed by atoms with E-state index in [0.717, 1.165) is 10.4 Å². The summed E-state index contributed by atoms with van der Waals surface area (Å²) in [6.07, 6.45) is 1.77. The number of hydrogen-bond acceptors (Lipinski definition) is 4. The van der Waals surface area contributed by atoms with Crippen LogP contribution < -0.4 is 16.4 Å².